The highest BCUT2D eigenvalue weighted by atomic mass is 16.5. The summed E-state index contributed by atoms with van der Waals surface area (Å²) < 4.78 is 5.37. The molecule has 1 aliphatic rings. The molecule has 0 bridgehead atoms. The lowest BCUT2D eigenvalue weighted by atomic mass is 9.97. The van der Waals surface area contributed by atoms with Crippen molar-refractivity contribution in [2.75, 3.05) is 6.54 Å². The molecule has 0 aromatic heterocycles. The van der Waals surface area contributed by atoms with E-state index in [2.05, 4.69) is 21.3 Å². The SMILES string of the molecule is C/C=C/[C@H](C[C@H]1CCNC1=O)NC(=O)[C@H](Cc1ccccc1)NC(=O)[C@H](CCC(C)C)NC(=O)OCc1ccccc1. The zero-order valence-corrected chi connectivity index (χ0v) is 24.8. The first-order valence-corrected chi connectivity index (χ1v) is 14.8. The van der Waals surface area contributed by atoms with E-state index in [1.807, 2.05) is 93.6 Å². The minimum atomic E-state index is -0.895. The van der Waals surface area contributed by atoms with Crippen molar-refractivity contribution >= 4 is 23.8 Å². The van der Waals surface area contributed by atoms with Crippen LogP contribution in [0.2, 0.25) is 0 Å². The maximum atomic E-state index is 13.6. The number of hydrogen-bond acceptors (Lipinski definition) is 5. The van der Waals surface area contributed by atoms with Gasteiger partial charge in [-0.15, -0.1) is 0 Å². The summed E-state index contributed by atoms with van der Waals surface area (Å²) in [5.41, 5.74) is 1.71. The molecule has 1 aliphatic heterocycles. The Morgan fingerprint density at radius 1 is 0.905 bits per heavy atom. The fourth-order valence-electron chi connectivity index (χ4n) is 4.88. The maximum Gasteiger partial charge on any atom is 0.408 e. The first-order chi connectivity index (χ1) is 20.2. The summed E-state index contributed by atoms with van der Waals surface area (Å²) >= 11 is 0. The Balaban J connectivity index is 1.72. The molecule has 0 saturated carbocycles. The van der Waals surface area contributed by atoms with Gasteiger partial charge in [0.05, 0.1) is 0 Å². The van der Waals surface area contributed by atoms with Gasteiger partial charge in [0.1, 0.15) is 18.7 Å². The number of ether oxygens (including phenoxy) is 1. The summed E-state index contributed by atoms with van der Waals surface area (Å²) in [6.45, 7) is 6.65. The lowest BCUT2D eigenvalue weighted by Crippen LogP contribution is -2.55. The number of alkyl carbamates (subject to hydrolysis) is 1. The van der Waals surface area contributed by atoms with Crippen LogP contribution in [0.3, 0.4) is 0 Å². The Labute approximate surface area is 248 Å². The second-order valence-electron chi connectivity index (χ2n) is 11.1. The highest BCUT2D eigenvalue weighted by Crippen LogP contribution is 2.17. The molecule has 0 radical (unpaired) electrons. The average Bonchev–Trinajstić information content (AvgIpc) is 3.38. The lowest BCUT2D eigenvalue weighted by Gasteiger charge is -2.26. The molecule has 0 aliphatic carbocycles. The number of hydrogen-bond donors (Lipinski definition) is 4. The Morgan fingerprint density at radius 2 is 1.55 bits per heavy atom. The van der Waals surface area contributed by atoms with E-state index >= 15 is 0 Å². The average molecular weight is 577 g/mol. The van der Waals surface area contributed by atoms with Gasteiger partial charge in [0.25, 0.3) is 0 Å². The number of allylic oxidation sites excluding steroid dienone is 1. The van der Waals surface area contributed by atoms with Crippen molar-refractivity contribution in [3.05, 3.63) is 83.9 Å². The molecule has 3 rings (SSSR count). The standard InChI is InChI=1S/C33H44N4O5/c1-4-11-27(21-26-18-19-34-30(26)38)35-32(40)29(20-24-12-7-5-8-13-24)36-31(39)28(17-16-23(2)3)37-33(41)42-22-25-14-9-6-10-15-25/h4-15,23,26-29H,16-22H2,1-3H3,(H,34,38)(H,35,40)(H,36,39)(H,37,41)/b11-4+/t26-,27-,28+,29+/m1/s1. The molecule has 0 spiro atoms. The summed E-state index contributed by atoms with van der Waals surface area (Å²) in [7, 11) is 0. The third-order valence-electron chi connectivity index (χ3n) is 7.22. The fourth-order valence-corrected chi connectivity index (χ4v) is 4.88. The van der Waals surface area contributed by atoms with Crippen LogP contribution in [0.4, 0.5) is 4.79 Å². The zero-order valence-electron chi connectivity index (χ0n) is 24.8. The van der Waals surface area contributed by atoms with Gasteiger partial charge >= 0.3 is 6.09 Å². The molecule has 9 heteroatoms. The van der Waals surface area contributed by atoms with Crippen molar-refractivity contribution in [1.82, 2.24) is 21.3 Å². The van der Waals surface area contributed by atoms with Crippen LogP contribution in [0.25, 0.3) is 0 Å². The van der Waals surface area contributed by atoms with Crippen LogP contribution in [0, 0.1) is 11.8 Å². The quantitative estimate of drug-likeness (QED) is 0.238. The van der Waals surface area contributed by atoms with E-state index in [4.69, 9.17) is 4.74 Å². The fraction of sp³-hybridized carbons (Fsp3) is 0.455. The maximum absolute atomic E-state index is 13.6. The molecule has 0 unspecified atom stereocenters. The van der Waals surface area contributed by atoms with Crippen LogP contribution in [0.5, 0.6) is 0 Å². The summed E-state index contributed by atoms with van der Waals surface area (Å²) in [5, 5.41) is 11.5. The van der Waals surface area contributed by atoms with Crippen molar-refractivity contribution in [3.8, 4) is 0 Å². The molecule has 1 heterocycles. The minimum absolute atomic E-state index is 0.00823. The largest absolute Gasteiger partial charge is 0.445 e. The van der Waals surface area contributed by atoms with Gasteiger partial charge in [-0.3, -0.25) is 14.4 Å². The molecule has 226 valence electrons. The van der Waals surface area contributed by atoms with Gasteiger partial charge in [-0.2, -0.15) is 0 Å². The van der Waals surface area contributed by atoms with E-state index < -0.39 is 24.1 Å². The molecule has 1 saturated heterocycles. The van der Waals surface area contributed by atoms with Gasteiger partial charge in [0, 0.05) is 24.9 Å². The predicted octanol–water partition coefficient (Wildman–Crippen LogP) is 4.03. The number of amides is 4. The zero-order chi connectivity index (χ0) is 30.3. The number of carbonyl (C=O) groups is 4. The highest BCUT2D eigenvalue weighted by Gasteiger charge is 2.31. The monoisotopic (exact) mass is 576 g/mol. The highest BCUT2D eigenvalue weighted by molar-refractivity contribution is 5.91. The molecule has 2 aromatic rings. The van der Waals surface area contributed by atoms with Crippen LogP contribution in [-0.4, -0.2) is 48.5 Å². The third-order valence-corrected chi connectivity index (χ3v) is 7.22. The van der Waals surface area contributed by atoms with E-state index in [0.29, 0.717) is 31.7 Å². The van der Waals surface area contributed by atoms with E-state index in [1.54, 1.807) is 0 Å². The Bertz CT molecular complexity index is 1190. The first-order valence-electron chi connectivity index (χ1n) is 14.8. The number of nitrogens with one attached hydrogen (secondary N) is 4. The van der Waals surface area contributed by atoms with Crippen molar-refractivity contribution in [1.29, 1.82) is 0 Å². The molecule has 1 fully saturated rings. The third kappa shape index (κ3) is 11.0. The van der Waals surface area contributed by atoms with E-state index in [0.717, 1.165) is 17.5 Å². The van der Waals surface area contributed by atoms with Crippen molar-refractivity contribution < 1.29 is 23.9 Å². The lowest BCUT2D eigenvalue weighted by molar-refractivity contribution is -0.130. The van der Waals surface area contributed by atoms with Crippen LogP contribution in [-0.2, 0) is 32.1 Å². The molecule has 42 heavy (non-hydrogen) atoms. The topological polar surface area (TPSA) is 126 Å². The molecule has 4 amide bonds. The number of rotatable bonds is 15. The molecular weight excluding hydrogens is 532 g/mol. The Morgan fingerprint density at radius 3 is 2.14 bits per heavy atom. The van der Waals surface area contributed by atoms with Crippen LogP contribution in [0.1, 0.15) is 57.6 Å². The van der Waals surface area contributed by atoms with Crippen LogP contribution in [0.15, 0.2) is 72.8 Å². The number of carbonyl (C=O) groups excluding carboxylic acids is 4. The van der Waals surface area contributed by atoms with Gasteiger partial charge in [-0.05, 0) is 49.7 Å². The van der Waals surface area contributed by atoms with Gasteiger partial charge in [-0.1, -0.05) is 86.7 Å². The molecular formula is C33H44N4O5. The summed E-state index contributed by atoms with van der Waals surface area (Å²) in [5.74, 6) is -0.698. The van der Waals surface area contributed by atoms with Crippen LogP contribution >= 0.6 is 0 Å². The van der Waals surface area contributed by atoms with E-state index in [1.165, 1.54) is 0 Å². The second kappa shape index (κ2) is 17.0. The van der Waals surface area contributed by atoms with Crippen LogP contribution < -0.4 is 21.3 Å². The second-order valence-corrected chi connectivity index (χ2v) is 11.1. The normalized spacial score (nSPS) is 16.9. The summed E-state index contributed by atoms with van der Waals surface area (Å²) in [6.07, 6.45) is 5.54. The van der Waals surface area contributed by atoms with Gasteiger partial charge < -0.3 is 26.0 Å². The Kier molecular flexibility index (Phi) is 13.1. The van der Waals surface area contributed by atoms with E-state index in [-0.39, 0.29) is 36.8 Å². The first kappa shape index (κ1) is 32.4. The molecule has 2 aromatic carbocycles. The van der Waals surface area contributed by atoms with Gasteiger partial charge in [0.2, 0.25) is 17.7 Å². The Hall–Kier alpha value is -4.14. The minimum Gasteiger partial charge on any atom is -0.445 e. The predicted molar refractivity (Wildman–Crippen MR) is 162 cm³/mol. The van der Waals surface area contributed by atoms with Gasteiger partial charge in [0.15, 0.2) is 0 Å². The molecule has 9 nitrogen and oxygen atoms in total. The smallest absolute Gasteiger partial charge is 0.408 e. The van der Waals surface area contributed by atoms with E-state index in [9.17, 15) is 19.2 Å². The molecule has 4 atom stereocenters. The van der Waals surface area contributed by atoms with Crippen molar-refractivity contribution in [2.45, 2.75) is 77.6 Å². The van der Waals surface area contributed by atoms with Crippen molar-refractivity contribution in [3.63, 3.8) is 0 Å². The number of benzene rings is 2. The van der Waals surface area contributed by atoms with Crippen molar-refractivity contribution in [2.24, 2.45) is 11.8 Å². The summed E-state index contributed by atoms with van der Waals surface area (Å²) in [4.78, 5) is 52.0. The summed E-state index contributed by atoms with van der Waals surface area (Å²) in [6, 6.07) is 16.6. The molecule has 4 N–H and O–H groups in total. The van der Waals surface area contributed by atoms with Gasteiger partial charge in [-0.25, -0.2) is 4.79 Å².